The highest BCUT2D eigenvalue weighted by Crippen LogP contribution is 2.34. The lowest BCUT2D eigenvalue weighted by Crippen LogP contribution is -2.15. The lowest BCUT2D eigenvalue weighted by Gasteiger charge is -2.14. The fraction of sp³-hybridized carbons (Fsp3) is 0.308. The molecule has 0 radical (unpaired) electrons. The molecule has 0 saturated heterocycles. The molecule has 0 aliphatic heterocycles. The zero-order chi connectivity index (χ0) is 14.2. The predicted octanol–water partition coefficient (Wildman–Crippen LogP) is 3.94. The van der Waals surface area contributed by atoms with Crippen molar-refractivity contribution in [2.24, 2.45) is 0 Å². The smallest absolute Gasteiger partial charge is 0.228 e. The molecular weight excluding hydrogens is 273 g/mol. The van der Waals surface area contributed by atoms with Crippen molar-refractivity contribution in [3.63, 3.8) is 0 Å². The molecule has 2 nitrogen and oxygen atoms in total. The van der Waals surface area contributed by atoms with E-state index in [4.69, 9.17) is 0 Å². The van der Waals surface area contributed by atoms with Crippen molar-refractivity contribution in [2.45, 2.75) is 25.8 Å². The van der Waals surface area contributed by atoms with Gasteiger partial charge in [-0.1, -0.05) is 17.7 Å². The first-order valence-electron chi connectivity index (χ1n) is 5.67. The summed E-state index contributed by atoms with van der Waals surface area (Å²) in [5, 5.41) is 3.86. The van der Waals surface area contributed by atoms with Gasteiger partial charge in [0.25, 0.3) is 0 Å². The molecule has 0 atom stereocenters. The maximum Gasteiger partial charge on any atom is 0.433 e. The van der Waals surface area contributed by atoms with Crippen LogP contribution in [0, 0.1) is 13.8 Å². The van der Waals surface area contributed by atoms with Crippen LogP contribution >= 0.6 is 12.6 Å². The Hall–Kier alpha value is -1.43. The quantitative estimate of drug-likeness (QED) is 0.828. The van der Waals surface area contributed by atoms with Crippen LogP contribution in [0.5, 0.6) is 0 Å². The Balaban J connectivity index is 2.66. The number of benzene rings is 1. The van der Waals surface area contributed by atoms with Crippen LogP contribution in [0.1, 0.15) is 22.4 Å². The molecule has 0 bridgehead atoms. The summed E-state index contributed by atoms with van der Waals surface area (Å²) in [5.41, 5.74) is 1.51. The minimum Gasteiger partial charge on any atom is -0.228 e. The molecule has 1 aromatic carbocycles. The number of nitrogens with zero attached hydrogens (tertiary/aromatic N) is 2. The molecule has 6 heteroatoms. The Morgan fingerprint density at radius 1 is 1.26 bits per heavy atom. The van der Waals surface area contributed by atoms with E-state index < -0.39 is 11.9 Å². The largest absolute Gasteiger partial charge is 0.433 e. The Morgan fingerprint density at radius 3 is 2.47 bits per heavy atom. The Bertz CT molecular complexity index is 602. The first-order valence-corrected chi connectivity index (χ1v) is 6.30. The second-order valence-corrected chi connectivity index (χ2v) is 4.69. The van der Waals surface area contributed by atoms with E-state index in [1.807, 2.05) is 13.0 Å². The Kier molecular flexibility index (Phi) is 3.62. The standard InChI is InChI=1S/C13H13F3N2S/c1-8-3-4-11(9(2)5-8)18-12(13(14,15)16)10(7-19)6-17-18/h3-6,19H,7H2,1-2H3. The third kappa shape index (κ3) is 2.63. The highest BCUT2D eigenvalue weighted by atomic mass is 32.1. The molecule has 2 aromatic rings. The lowest BCUT2D eigenvalue weighted by molar-refractivity contribution is -0.143. The monoisotopic (exact) mass is 286 g/mol. The maximum absolute atomic E-state index is 13.1. The SMILES string of the molecule is Cc1ccc(-n2ncc(CS)c2C(F)(F)F)c(C)c1. The van der Waals surface area contributed by atoms with Crippen LogP contribution in [0.2, 0.25) is 0 Å². The van der Waals surface area contributed by atoms with Crippen molar-refractivity contribution in [3.05, 3.63) is 46.8 Å². The van der Waals surface area contributed by atoms with Crippen molar-refractivity contribution < 1.29 is 13.2 Å². The third-order valence-corrected chi connectivity index (χ3v) is 3.21. The molecule has 102 valence electrons. The van der Waals surface area contributed by atoms with Crippen molar-refractivity contribution in [3.8, 4) is 5.69 Å². The molecule has 1 aromatic heterocycles. The van der Waals surface area contributed by atoms with Crippen LogP contribution in [0.15, 0.2) is 24.4 Å². The predicted molar refractivity (Wildman–Crippen MR) is 70.7 cm³/mol. The van der Waals surface area contributed by atoms with E-state index in [2.05, 4.69) is 17.7 Å². The molecule has 19 heavy (non-hydrogen) atoms. The summed E-state index contributed by atoms with van der Waals surface area (Å²) in [7, 11) is 0. The maximum atomic E-state index is 13.1. The van der Waals surface area contributed by atoms with Gasteiger partial charge < -0.3 is 0 Å². The van der Waals surface area contributed by atoms with Gasteiger partial charge in [-0.05, 0) is 25.5 Å². The summed E-state index contributed by atoms with van der Waals surface area (Å²) in [4.78, 5) is 0. The molecule has 0 aliphatic carbocycles. The van der Waals surface area contributed by atoms with Gasteiger partial charge in [-0.25, -0.2) is 4.68 Å². The summed E-state index contributed by atoms with van der Waals surface area (Å²) >= 11 is 3.93. The second kappa shape index (κ2) is 4.92. The van der Waals surface area contributed by atoms with E-state index in [-0.39, 0.29) is 11.3 Å². The summed E-state index contributed by atoms with van der Waals surface area (Å²) in [6, 6.07) is 5.25. The van der Waals surface area contributed by atoms with Crippen LogP contribution in [0.3, 0.4) is 0 Å². The average molecular weight is 286 g/mol. The summed E-state index contributed by atoms with van der Waals surface area (Å²) < 4.78 is 40.3. The topological polar surface area (TPSA) is 17.8 Å². The number of aryl methyl sites for hydroxylation is 2. The van der Waals surface area contributed by atoms with Gasteiger partial charge in [0.1, 0.15) is 0 Å². The van der Waals surface area contributed by atoms with Gasteiger partial charge in [-0.15, -0.1) is 0 Å². The van der Waals surface area contributed by atoms with E-state index in [1.54, 1.807) is 19.1 Å². The highest BCUT2D eigenvalue weighted by molar-refractivity contribution is 7.79. The number of hydrogen-bond donors (Lipinski definition) is 1. The highest BCUT2D eigenvalue weighted by Gasteiger charge is 2.38. The van der Waals surface area contributed by atoms with Crippen molar-refractivity contribution in [1.29, 1.82) is 0 Å². The van der Waals surface area contributed by atoms with Gasteiger partial charge in [0.05, 0.1) is 11.9 Å². The second-order valence-electron chi connectivity index (χ2n) is 4.38. The number of aromatic nitrogens is 2. The fourth-order valence-electron chi connectivity index (χ4n) is 2.03. The number of halogens is 3. The molecule has 0 saturated carbocycles. The van der Waals surface area contributed by atoms with Gasteiger partial charge in [-0.2, -0.15) is 30.9 Å². The zero-order valence-corrected chi connectivity index (χ0v) is 11.4. The van der Waals surface area contributed by atoms with Crippen LogP contribution < -0.4 is 0 Å². The molecule has 0 aliphatic rings. The first-order chi connectivity index (χ1) is 8.84. The normalized spacial score (nSPS) is 11.9. The van der Waals surface area contributed by atoms with Gasteiger partial charge >= 0.3 is 6.18 Å². The molecule has 0 amide bonds. The van der Waals surface area contributed by atoms with Gasteiger partial charge in [-0.3, -0.25) is 0 Å². The molecule has 0 fully saturated rings. The number of thiol groups is 1. The molecule has 0 spiro atoms. The third-order valence-electron chi connectivity index (χ3n) is 2.86. The van der Waals surface area contributed by atoms with E-state index in [1.165, 1.54) is 6.20 Å². The van der Waals surface area contributed by atoms with Crippen LogP contribution in [-0.2, 0) is 11.9 Å². The van der Waals surface area contributed by atoms with E-state index in [9.17, 15) is 13.2 Å². The van der Waals surface area contributed by atoms with Gasteiger partial charge in [0.2, 0.25) is 0 Å². The molecule has 0 N–H and O–H groups in total. The van der Waals surface area contributed by atoms with E-state index in [0.717, 1.165) is 15.8 Å². The Labute approximate surface area is 114 Å². The van der Waals surface area contributed by atoms with E-state index >= 15 is 0 Å². The van der Waals surface area contributed by atoms with Crippen LogP contribution in [0.25, 0.3) is 5.69 Å². The molecule has 1 heterocycles. The summed E-state index contributed by atoms with van der Waals surface area (Å²) in [6.07, 6.45) is -3.24. The van der Waals surface area contributed by atoms with Gasteiger partial charge in [0, 0.05) is 11.3 Å². The van der Waals surface area contributed by atoms with Crippen molar-refractivity contribution >= 4 is 12.6 Å². The average Bonchev–Trinajstić information content (AvgIpc) is 2.72. The Morgan fingerprint density at radius 2 is 1.95 bits per heavy atom. The molecular formula is C13H13F3N2S. The molecule has 2 rings (SSSR count). The number of rotatable bonds is 2. The minimum atomic E-state index is -4.45. The minimum absolute atomic E-state index is 0.000246. The first kappa shape index (κ1) is 14.0. The van der Waals surface area contributed by atoms with Crippen molar-refractivity contribution in [1.82, 2.24) is 9.78 Å². The van der Waals surface area contributed by atoms with Crippen molar-refractivity contribution in [2.75, 3.05) is 0 Å². The fourth-order valence-corrected chi connectivity index (χ4v) is 2.26. The summed E-state index contributed by atoms with van der Waals surface area (Å²) in [6.45, 7) is 3.66. The zero-order valence-electron chi connectivity index (χ0n) is 10.5. The van der Waals surface area contributed by atoms with Gasteiger partial charge in [0.15, 0.2) is 5.69 Å². The van der Waals surface area contributed by atoms with Crippen LogP contribution in [0.4, 0.5) is 13.2 Å². The lowest BCUT2D eigenvalue weighted by atomic mass is 10.1. The van der Waals surface area contributed by atoms with Crippen LogP contribution in [-0.4, -0.2) is 9.78 Å². The number of hydrogen-bond acceptors (Lipinski definition) is 2. The summed E-state index contributed by atoms with van der Waals surface area (Å²) in [5.74, 6) is -0.000246. The number of alkyl halides is 3. The van der Waals surface area contributed by atoms with E-state index in [0.29, 0.717) is 5.69 Å². The molecule has 0 unspecified atom stereocenters.